The van der Waals surface area contributed by atoms with Crippen molar-refractivity contribution in [1.82, 2.24) is 0 Å². The molecule has 0 aromatic heterocycles. The summed E-state index contributed by atoms with van der Waals surface area (Å²) in [4.78, 5) is 12.3. The molecule has 0 spiro atoms. The molecule has 1 heteroatoms. The van der Waals surface area contributed by atoms with Gasteiger partial charge in [-0.3, -0.25) is 4.79 Å². The molecule has 1 fully saturated rings. The van der Waals surface area contributed by atoms with Crippen LogP contribution in [0.3, 0.4) is 0 Å². The molecule has 2 aliphatic rings. The molecule has 0 N–H and O–H groups in total. The molecule has 100 valence electrons. The summed E-state index contributed by atoms with van der Waals surface area (Å²) >= 11 is 0. The maximum Gasteiger partial charge on any atom is 0.139 e. The van der Waals surface area contributed by atoms with Crippen LogP contribution >= 0.6 is 0 Å². The molecule has 0 heterocycles. The Morgan fingerprint density at radius 1 is 1.20 bits per heavy atom. The number of allylic oxidation sites excluding steroid dienone is 1. The van der Waals surface area contributed by atoms with Crippen LogP contribution in [0.2, 0.25) is 0 Å². The summed E-state index contributed by atoms with van der Waals surface area (Å²) in [6.07, 6.45) is 2.53. The number of carbonyl (C=O) groups excluding carboxylic acids is 1. The van der Waals surface area contributed by atoms with Gasteiger partial charge in [-0.25, -0.2) is 0 Å². The van der Waals surface area contributed by atoms with E-state index in [0.29, 0.717) is 11.7 Å². The van der Waals surface area contributed by atoms with E-state index in [4.69, 9.17) is 0 Å². The molecule has 2 aromatic carbocycles. The topological polar surface area (TPSA) is 17.1 Å². The smallest absolute Gasteiger partial charge is 0.139 e. The number of carbonyl (C=O) groups is 1. The van der Waals surface area contributed by atoms with Gasteiger partial charge in [0.05, 0.1) is 0 Å². The first kappa shape index (κ1) is 11.9. The molecule has 0 unspecified atom stereocenters. The first-order chi connectivity index (χ1) is 9.61. The zero-order valence-electron chi connectivity index (χ0n) is 11.8. The Kier molecular flexibility index (Phi) is 2.27. The maximum absolute atomic E-state index is 12.3. The predicted octanol–water partition coefficient (Wildman–Crippen LogP) is 4.71. The molecule has 0 aliphatic heterocycles. The first-order valence-electron chi connectivity index (χ1n) is 7.34. The number of hydrogen-bond donors (Lipinski definition) is 0. The lowest BCUT2D eigenvalue weighted by Crippen LogP contribution is -2.31. The minimum atomic E-state index is -0.216. The quantitative estimate of drug-likeness (QED) is 0.672. The van der Waals surface area contributed by atoms with Crippen molar-refractivity contribution >= 4 is 22.1 Å². The maximum atomic E-state index is 12.3. The Morgan fingerprint density at radius 3 is 2.85 bits per heavy atom. The van der Waals surface area contributed by atoms with Crippen LogP contribution in [0.25, 0.3) is 16.3 Å². The molecule has 0 amide bonds. The fourth-order valence-corrected chi connectivity index (χ4v) is 4.30. The summed E-state index contributed by atoms with van der Waals surface area (Å²) in [7, 11) is 0. The van der Waals surface area contributed by atoms with E-state index in [2.05, 4.69) is 49.9 Å². The van der Waals surface area contributed by atoms with Crippen molar-refractivity contribution < 1.29 is 4.79 Å². The van der Waals surface area contributed by atoms with E-state index >= 15 is 0 Å². The third-order valence-electron chi connectivity index (χ3n) is 5.34. The van der Waals surface area contributed by atoms with Gasteiger partial charge in [0, 0.05) is 11.8 Å². The van der Waals surface area contributed by atoms with E-state index < -0.39 is 0 Å². The van der Waals surface area contributed by atoms with Crippen LogP contribution in [0, 0.1) is 5.41 Å². The number of fused-ring (bicyclic) bond motifs is 5. The van der Waals surface area contributed by atoms with E-state index in [1.807, 2.05) is 0 Å². The fraction of sp³-hybridized carbons (Fsp3) is 0.316. The van der Waals surface area contributed by atoms with Crippen LogP contribution in [0.15, 0.2) is 43.0 Å². The third-order valence-corrected chi connectivity index (χ3v) is 5.34. The highest BCUT2D eigenvalue weighted by Crippen LogP contribution is 2.57. The van der Waals surface area contributed by atoms with Crippen molar-refractivity contribution in [3.8, 4) is 0 Å². The van der Waals surface area contributed by atoms with Gasteiger partial charge in [0.15, 0.2) is 0 Å². The van der Waals surface area contributed by atoms with Gasteiger partial charge in [0.1, 0.15) is 5.78 Å². The Bertz CT molecular complexity index is 755. The third kappa shape index (κ3) is 1.35. The first-order valence-corrected chi connectivity index (χ1v) is 7.34. The van der Waals surface area contributed by atoms with Gasteiger partial charge in [0.2, 0.25) is 0 Å². The highest BCUT2D eigenvalue weighted by Gasteiger charge is 2.50. The Balaban J connectivity index is 2.04. The molecule has 0 bridgehead atoms. The second-order valence-corrected chi connectivity index (χ2v) is 6.46. The van der Waals surface area contributed by atoms with Crippen LogP contribution in [0.5, 0.6) is 0 Å². The lowest BCUT2D eigenvalue weighted by Gasteiger charge is -2.38. The standard InChI is InChI=1S/C19H18O/c1-12-11-19(2)16(9-10-17(19)20)15-8-7-13-5-3-4-6-14(13)18(12)15/h3-8,16H,1,9-11H2,2H3/t16-,19+/m1/s1. The van der Waals surface area contributed by atoms with E-state index in [-0.39, 0.29) is 5.41 Å². The van der Waals surface area contributed by atoms with Gasteiger partial charge in [-0.1, -0.05) is 49.9 Å². The minimum absolute atomic E-state index is 0.216. The van der Waals surface area contributed by atoms with E-state index in [0.717, 1.165) is 24.8 Å². The summed E-state index contributed by atoms with van der Waals surface area (Å²) < 4.78 is 0. The van der Waals surface area contributed by atoms with Crippen molar-refractivity contribution in [3.05, 3.63) is 54.1 Å². The Hall–Kier alpha value is -1.89. The van der Waals surface area contributed by atoms with Crippen LogP contribution in [0.4, 0.5) is 0 Å². The van der Waals surface area contributed by atoms with Crippen molar-refractivity contribution in [1.29, 1.82) is 0 Å². The number of hydrogen-bond acceptors (Lipinski definition) is 1. The van der Waals surface area contributed by atoms with Crippen molar-refractivity contribution in [2.45, 2.75) is 32.1 Å². The zero-order chi connectivity index (χ0) is 13.9. The van der Waals surface area contributed by atoms with Crippen LogP contribution in [-0.4, -0.2) is 5.78 Å². The van der Waals surface area contributed by atoms with Gasteiger partial charge in [-0.15, -0.1) is 0 Å². The highest BCUT2D eigenvalue weighted by molar-refractivity contribution is 5.99. The average molecular weight is 262 g/mol. The van der Waals surface area contributed by atoms with Crippen molar-refractivity contribution in [3.63, 3.8) is 0 Å². The molecule has 4 rings (SSSR count). The zero-order valence-corrected chi connectivity index (χ0v) is 11.8. The second kappa shape index (κ2) is 3.82. The van der Waals surface area contributed by atoms with Crippen LogP contribution in [0.1, 0.15) is 43.2 Å². The summed E-state index contributed by atoms with van der Waals surface area (Å²) in [5.41, 5.74) is 3.56. The second-order valence-electron chi connectivity index (χ2n) is 6.46. The monoisotopic (exact) mass is 262 g/mol. The van der Waals surface area contributed by atoms with Crippen molar-refractivity contribution in [2.24, 2.45) is 5.41 Å². The van der Waals surface area contributed by atoms with Gasteiger partial charge in [-0.2, -0.15) is 0 Å². The lowest BCUT2D eigenvalue weighted by molar-refractivity contribution is -0.125. The Labute approximate surface area is 119 Å². The number of ketones is 1. The molecule has 0 saturated heterocycles. The average Bonchev–Trinajstić information content (AvgIpc) is 2.74. The summed E-state index contributed by atoms with van der Waals surface area (Å²) in [5, 5.41) is 2.55. The largest absolute Gasteiger partial charge is 0.299 e. The summed E-state index contributed by atoms with van der Waals surface area (Å²) in [6, 6.07) is 12.9. The van der Waals surface area contributed by atoms with Crippen LogP contribution < -0.4 is 0 Å². The molecular formula is C19H18O. The number of benzene rings is 2. The summed E-state index contributed by atoms with van der Waals surface area (Å²) in [6.45, 7) is 6.43. The van der Waals surface area contributed by atoms with Crippen LogP contribution in [-0.2, 0) is 4.79 Å². The van der Waals surface area contributed by atoms with E-state index in [9.17, 15) is 4.79 Å². The molecule has 2 atom stereocenters. The van der Waals surface area contributed by atoms with E-state index in [1.54, 1.807) is 0 Å². The predicted molar refractivity (Wildman–Crippen MR) is 82.7 cm³/mol. The van der Waals surface area contributed by atoms with E-state index in [1.165, 1.54) is 21.9 Å². The molecule has 2 aromatic rings. The van der Waals surface area contributed by atoms with Gasteiger partial charge in [-0.05, 0) is 46.2 Å². The number of rotatable bonds is 0. The lowest BCUT2D eigenvalue weighted by atomic mass is 9.64. The molecule has 1 saturated carbocycles. The summed E-state index contributed by atoms with van der Waals surface area (Å²) in [5.74, 6) is 0.794. The van der Waals surface area contributed by atoms with Gasteiger partial charge >= 0.3 is 0 Å². The Morgan fingerprint density at radius 2 is 2.00 bits per heavy atom. The SMILES string of the molecule is C=C1C[C@]2(C)C(=O)CC[C@@H]2c2ccc3ccccc3c21. The minimum Gasteiger partial charge on any atom is -0.299 e. The molecule has 0 radical (unpaired) electrons. The fourth-order valence-electron chi connectivity index (χ4n) is 4.30. The highest BCUT2D eigenvalue weighted by atomic mass is 16.1. The van der Waals surface area contributed by atoms with Gasteiger partial charge < -0.3 is 0 Å². The molecule has 2 aliphatic carbocycles. The number of Topliss-reactive ketones (excluding diaryl/α,β-unsaturated/α-hetero) is 1. The molecular weight excluding hydrogens is 244 g/mol. The molecule has 1 nitrogen and oxygen atoms in total. The van der Waals surface area contributed by atoms with Crippen molar-refractivity contribution in [2.75, 3.05) is 0 Å². The normalized spacial score (nSPS) is 28.6. The molecule has 20 heavy (non-hydrogen) atoms. The van der Waals surface area contributed by atoms with Gasteiger partial charge in [0.25, 0.3) is 0 Å².